The molecule has 1 aromatic rings. The van der Waals surface area contributed by atoms with E-state index >= 15 is 0 Å². The summed E-state index contributed by atoms with van der Waals surface area (Å²) < 4.78 is 8.85. The molecule has 0 atom stereocenters. The zero-order chi connectivity index (χ0) is 14.3. The Labute approximate surface area is 122 Å². The van der Waals surface area contributed by atoms with Crippen molar-refractivity contribution in [3.63, 3.8) is 0 Å². The highest BCUT2D eigenvalue weighted by Gasteiger charge is 2.21. The van der Waals surface area contributed by atoms with Crippen LogP contribution in [0.15, 0.2) is 0 Å². The number of hydrogen-bond acceptors (Lipinski definition) is 6. The summed E-state index contributed by atoms with van der Waals surface area (Å²) in [6.07, 6.45) is 1.18. The summed E-state index contributed by atoms with van der Waals surface area (Å²) in [4.78, 5) is 15.1. The number of nitrogens with zero attached hydrogens (tertiary/aromatic N) is 3. The first kappa shape index (κ1) is 15.9. The van der Waals surface area contributed by atoms with E-state index in [1.165, 1.54) is 0 Å². The maximum atomic E-state index is 12.4. The number of hydrogen-bond donors (Lipinski definition) is 1. The monoisotopic (exact) mass is 302 g/mol. The fraction of sp³-hybridized carbons (Fsp3) is 0.636. The molecule has 1 heterocycles. The van der Waals surface area contributed by atoms with Crippen LogP contribution in [0.25, 0.3) is 0 Å². The van der Waals surface area contributed by atoms with E-state index in [1.807, 2.05) is 6.92 Å². The average Bonchev–Trinajstić information content (AvgIpc) is 2.86. The lowest BCUT2D eigenvalue weighted by atomic mass is 10.2. The van der Waals surface area contributed by atoms with Gasteiger partial charge in [-0.15, -0.1) is 5.10 Å². The van der Waals surface area contributed by atoms with Gasteiger partial charge in [0, 0.05) is 26.6 Å². The van der Waals surface area contributed by atoms with E-state index in [0.717, 1.165) is 17.2 Å². The lowest BCUT2D eigenvalue weighted by Crippen LogP contribution is -2.36. The molecule has 0 aliphatic heterocycles. The number of aryl methyl sites for hydroxylation is 1. The molecular formula is C11H18N4O2S2. The first-order valence-electron chi connectivity index (χ1n) is 5.97. The van der Waals surface area contributed by atoms with Gasteiger partial charge in [0.2, 0.25) is 0 Å². The van der Waals surface area contributed by atoms with E-state index < -0.39 is 0 Å². The van der Waals surface area contributed by atoms with Crippen LogP contribution in [0.3, 0.4) is 0 Å². The van der Waals surface area contributed by atoms with Crippen LogP contribution < -0.4 is 5.73 Å². The molecular weight excluding hydrogens is 284 g/mol. The quantitative estimate of drug-likeness (QED) is 0.718. The molecule has 1 rings (SSSR count). The molecule has 19 heavy (non-hydrogen) atoms. The molecule has 0 aliphatic carbocycles. The third-order valence-electron chi connectivity index (χ3n) is 2.57. The number of nitrogens with two attached hydrogens (primary N) is 1. The van der Waals surface area contributed by atoms with Crippen LogP contribution in [0.4, 0.5) is 0 Å². The largest absolute Gasteiger partial charge is 0.393 e. The zero-order valence-corrected chi connectivity index (χ0v) is 12.7. The second-order valence-corrected chi connectivity index (χ2v) is 5.18. The van der Waals surface area contributed by atoms with Crippen molar-refractivity contribution in [1.82, 2.24) is 14.5 Å². The van der Waals surface area contributed by atoms with Crippen molar-refractivity contribution in [2.24, 2.45) is 5.73 Å². The maximum Gasteiger partial charge on any atom is 0.267 e. The van der Waals surface area contributed by atoms with Crippen LogP contribution >= 0.6 is 23.8 Å². The van der Waals surface area contributed by atoms with Gasteiger partial charge in [0.05, 0.1) is 17.3 Å². The Kier molecular flexibility index (Phi) is 6.82. The minimum absolute atomic E-state index is 0.0832. The van der Waals surface area contributed by atoms with Gasteiger partial charge < -0.3 is 15.4 Å². The average molecular weight is 302 g/mol. The number of aromatic nitrogens is 2. The molecule has 0 spiro atoms. The molecule has 0 radical (unpaired) electrons. The van der Waals surface area contributed by atoms with Crippen molar-refractivity contribution in [2.75, 3.05) is 26.8 Å². The van der Waals surface area contributed by atoms with Crippen molar-refractivity contribution >= 4 is 34.6 Å². The first-order chi connectivity index (χ1) is 9.10. The standard InChI is InChI=1S/C11H18N4O2S2/c1-3-8-10(19-14-13-8)11(16)15(6-7-17-2)5-4-9(12)18/h3-7H2,1-2H3,(H2,12,18). The Hall–Kier alpha value is -1.12. The fourth-order valence-corrected chi connectivity index (χ4v) is 2.32. The van der Waals surface area contributed by atoms with Gasteiger partial charge in [0.1, 0.15) is 4.88 Å². The molecule has 8 heteroatoms. The molecule has 0 saturated carbocycles. The van der Waals surface area contributed by atoms with Crippen molar-refractivity contribution in [3.8, 4) is 0 Å². The molecule has 2 N–H and O–H groups in total. The Bertz CT molecular complexity index is 436. The molecule has 1 aromatic heterocycles. The summed E-state index contributed by atoms with van der Waals surface area (Å²) in [5, 5.41) is 3.95. The Morgan fingerprint density at radius 1 is 1.53 bits per heavy atom. The highest BCUT2D eigenvalue weighted by atomic mass is 32.1. The van der Waals surface area contributed by atoms with E-state index in [2.05, 4.69) is 9.59 Å². The fourth-order valence-electron chi connectivity index (χ4n) is 1.51. The van der Waals surface area contributed by atoms with Gasteiger partial charge in [-0.1, -0.05) is 23.6 Å². The van der Waals surface area contributed by atoms with E-state index in [1.54, 1.807) is 12.0 Å². The van der Waals surface area contributed by atoms with Crippen LogP contribution in [-0.2, 0) is 11.2 Å². The second-order valence-electron chi connectivity index (χ2n) is 3.90. The third-order valence-corrected chi connectivity index (χ3v) is 3.53. The van der Waals surface area contributed by atoms with Gasteiger partial charge in [0.15, 0.2) is 0 Å². The number of carbonyl (C=O) groups is 1. The number of rotatable bonds is 8. The van der Waals surface area contributed by atoms with Gasteiger partial charge in [-0.3, -0.25) is 4.79 Å². The van der Waals surface area contributed by atoms with E-state index in [0.29, 0.717) is 42.4 Å². The topological polar surface area (TPSA) is 81.3 Å². The highest BCUT2D eigenvalue weighted by Crippen LogP contribution is 2.14. The lowest BCUT2D eigenvalue weighted by Gasteiger charge is -2.21. The van der Waals surface area contributed by atoms with Crippen molar-refractivity contribution in [3.05, 3.63) is 10.6 Å². The Balaban J connectivity index is 2.77. The van der Waals surface area contributed by atoms with E-state index in [4.69, 9.17) is 22.7 Å². The number of carbonyl (C=O) groups excluding carboxylic acids is 1. The van der Waals surface area contributed by atoms with Crippen LogP contribution in [0.2, 0.25) is 0 Å². The lowest BCUT2D eigenvalue weighted by molar-refractivity contribution is 0.0704. The second kappa shape index (κ2) is 8.13. The Morgan fingerprint density at radius 3 is 2.84 bits per heavy atom. The van der Waals surface area contributed by atoms with Crippen molar-refractivity contribution < 1.29 is 9.53 Å². The molecule has 0 unspecified atom stereocenters. The minimum atomic E-state index is -0.0832. The number of amides is 1. The van der Waals surface area contributed by atoms with Gasteiger partial charge in [-0.25, -0.2) is 0 Å². The molecule has 0 aliphatic rings. The number of thiocarbonyl (C=S) groups is 1. The minimum Gasteiger partial charge on any atom is -0.393 e. The van der Waals surface area contributed by atoms with Crippen LogP contribution in [0.1, 0.15) is 28.7 Å². The number of ether oxygens (including phenoxy) is 1. The summed E-state index contributed by atoms with van der Waals surface area (Å²) in [6.45, 7) is 3.40. The normalized spacial score (nSPS) is 10.4. The molecule has 0 aromatic carbocycles. The van der Waals surface area contributed by atoms with Gasteiger partial charge in [-0.05, 0) is 18.0 Å². The third kappa shape index (κ3) is 4.81. The predicted octanol–water partition coefficient (Wildman–Crippen LogP) is 0.865. The van der Waals surface area contributed by atoms with E-state index in [-0.39, 0.29) is 5.91 Å². The predicted molar refractivity (Wildman–Crippen MR) is 78.5 cm³/mol. The van der Waals surface area contributed by atoms with Crippen LogP contribution in [0.5, 0.6) is 0 Å². The highest BCUT2D eigenvalue weighted by molar-refractivity contribution is 7.80. The van der Waals surface area contributed by atoms with Crippen LogP contribution in [-0.4, -0.2) is 52.2 Å². The molecule has 106 valence electrons. The van der Waals surface area contributed by atoms with Crippen molar-refractivity contribution in [2.45, 2.75) is 19.8 Å². The first-order valence-corrected chi connectivity index (χ1v) is 7.16. The summed E-state index contributed by atoms with van der Waals surface area (Å²) in [7, 11) is 1.60. The summed E-state index contributed by atoms with van der Waals surface area (Å²) in [5.41, 5.74) is 6.21. The van der Waals surface area contributed by atoms with Gasteiger partial charge in [0.25, 0.3) is 5.91 Å². The van der Waals surface area contributed by atoms with Crippen LogP contribution in [0, 0.1) is 0 Å². The van der Waals surface area contributed by atoms with Crippen molar-refractivity contribution in [1.29, 1.82) is 0 Å². The SMILES string of the molecule is CCc1nnsc1C(=O)N(CCOC)CCC(N)=S. The molecule has 0 bridgehead atoms. The molecule has 1 amide bonds. The smallest absolute Gasteiger partial charge is 0.267 e. The zero-order valence-electron chi connectivity index (χ0n) is 11.1. The molecule has 6 nitrogen and oxygen atoms in total. The molecule has 0 fully saturated rings. The maximum absolute atomic E-state index is 12.4. The van der Waals surface area contributed by atoms with E-state index in [9.17, 15) is 4.79 Å². The Morgan fingerprint density at radius 2 is 2.26 bits per heavy atom. The summed E-state index contributed by atoms with van der Waals surface area (Å²) >= 11 is 5.97. The van der Waals surface area contributed by atoms with Gasteiger partial charge in [-0.2, -0.15) is 0 Å². The number of methoxy groups -OCH3 is 1. The summed E-state index contributed by atoms with van der Waals surface area (Å²) in [6, 6.07) is 0. The van der Waals surface area contributed by atoms with Gasteiger partial charge >= 0.3 is 0 Å². The summed E-state index contributed by atoms with van der Waals surface area (Å²) in [5.74, 6) is -0.0832. The molecule has 0 saturated heterocycles.